The number of nitrogens with zero attached hydrogens (tertiary/aromatic N) is 6. The molecule has 186 valence electrons. The minimum absolute atomic E-state index is 0.00717. The van der Waals surface area contributed by atoms with Gasteiger partial charge < -0.3 is 14.9 Å². The van der Waals surface area contributed by atoms with E-state index in [0.717, 1.165) is 68.9 Å². The monoisotopic (exact) mass is 480 g/mol. The summed E-state index contributed by atoms with van der Waals surface area (Å²) in [6, 6.07) is 8.29. The molecule has 0 aliphatic carbocycles. The van der Waals surface area contributed by atoms with Gasteiger partial charge in [-0.15, -0.1) is 0 Å². The van der Waals surface area contributed by atoms with Crippen LogP contribution in [0.3, 0.4) is 0 Å². The van der Waals surface area contributed by atoms with Gasteiger partial charge in [-0.25, -0.2) is 18.9 Å². The van der Waals surface area contributed by atoms with Crippen molar-refractivity contribution in [2.75, 3.05) is 51.2 Å². The maximum absolute atomic E-state index is 13.6. The molecule has 0 bridgehead atoms. The zero-order valence-electron chi connectivity index (χ0n) is 20.6. The van der Waals surface area contributed by atoms with Crippen molar-refractivity contribution in [2.45, 2.75) is 38.6 Å². The van der Waals surface area contributed by atoms with Gasteiger partial charge in [-0.3, -0.25) is 4.90 Å². The van der Waals surface area contributed by atoms with E-state index in [2.05, 4.69) is 40.6 Å². The fourth-order valence-corrected chi connectivity index (χ4v) is 5.31. The second-order valence-corrected chi connectivity index (χ2v) is 10.0. The van der Waals surface area contributed by atoms with Crippen molar-refractivity contribution in [1.82, 2.24) is 24.6 Å². The van der Waals surface area contributed by atoms with Gasteiger partial charge in [-0.05, 0) is 56.1 Å². The van der Waals surface area contributed by atoms with E-state index in [1.807, 2.05) is 0 Å². The summed E-state index contributed by atoms with van der Waals surface area (Å²) in [5.41, 5.74) is 2.88. The van der Waals surface area contributed by atoms with Gasteiger partial charge in [-0.1, -0.05) is 13.8 Å². The van der Waals surface area contributed by atoms with E-state index in [0.29, 0.717) is 17.4 Å². The van der Waals surface area contributed by atoms with Crippen LogP contribution >= 0.6 is 0 Å². The molecule has 0 unspecified atom stereocenters. The molecule has 5 rings (SSSR count). The van der Waals surface area contributed by atoms with Crippen molar-refractivity contribution < 1.29 is 14.3 Å². The number of anilines is 1. The molecular weight excluding hydrogens is 447 g/mol. The predicted octanol–water partition coefficient (Wildman–Crippen LogP) is 3.60. The number of hydrogen-bond donors (Lipinski definition) is 1. The average Bonchev–Trinajstić information content (AvgIpc) is 3.25. The van der Waals surface area contributed by atoms with E-state index in [9.17, 15) is 14.3 Å². The Labute approximate surface area is 204 Å². The van der Waals surface area contributed by atoms with E-state index < -0.39 is 5.97 Å². The van der Waals surface area contributed by atoms with Crippen LogP contribution in [0, 0.1) is 5.82 Å². The lowest BCUT2D eigenvalue weighted by Gasteiger charge is -2.42. The lowest BCUT2D eigenvalue weighted by atomic mass is 9.99. The molecule has 2 aliphatic rings. The molecule has 1 aromatic carbocycles. The molecule has 35 heavy (non-hydrogen) atoms. The summed E-state index contributed by atoms with van der Waals surface area (Å²) in [6.07, 6.45) is 2.08. The lowest BCUT2D eigenvalue weighted by Crippen LogP contribution is -2.52. The Hall–Kier alpha value is -3.04. The van der Waals surface area contributed by atoms with E-state index >= 15 is 0 Å². The maximum Gasteiger partial charge on any atom is 0.354 e. The zero-order chi connectivity index (χ0) is 24.7. The number of hydrogen-bond acceptors (Lipinski definition) is 6. The number of fused-ring (bicyclic) bond motifs is 1. The van der Waals surface area contributed by atoms with Crippen LogP contribution in [-0.2, 0) is 0 Å². The highest BCUT2D eigenvalue weighted by atomic mass is 19.1. The number of halogens is 1. The summed E-state index contributed by atoms with van der Waals surface area (Å²) in [5.74, 6) is -1.30. The molecule has 0 radical (unpaired) electrons. The SMILES string of the molecule is CC(C)c1nn(-c2ccc(F)cc2)c2nc(C(=O)O)cc(N3CCC(N4CCN(C)CC4)CC3)c12. The number of piperidine rings is 1. The molecule has 2 aliphatic heterocycles. The molecular formula is C26H33FN6O2. The first-order valence-electron chi connectivity index (χ1n) is 12.4. The Kier molecular flexibility index (Phi) is 6.46. The second-order valence-electron chi connectivity index (χ2n) is 10.0. The van der Waals surface area contributed by atoms with Crippen molar-refractivity contribution in [3.05, 3.63) is 47.5 Å². The van der Waals surface area contributed by atoms with Crippen molar-refractivity contribution in [2.24, 2.45) is 0 Å². The molecule has 2 fully saturated rings. The van der Waals surface area contributed by atoms with Crippen LogP contribution in [-0.4, -0.2) is 88.0 Å². The van der Waals surface area contributed by atoms with Crippen LogP contribution in [0.4, 0.5) is 10.1 Å². The van der Waals surface area contributed by atoms with Crippen molar-refractivity contribution in [1.29, 1.82) is 0 Å². The fraction of sp³-hybridized carbons (Fsp3) is 0.500. The third kappa shape index (κ3) is 4.62. The van der Waals surface area contributed by atoms with Gasteiger partial charge in [0.05, 0.1) is 22.5 Å². The topological polar surface area (TPSA) is 77.7 Å². The molecule has 0 spiro atoms. The second kappa shape index (κ2) is 9.54. The van der Waals surface area contributed by atoms with Crippen LogP contribution in [0.2, 0.25) is 0 Å². The van der Waals surface area contributed by atoms with Gasteiger partial charge >= 0.3 is 5.97 Å². The van der Waals surface area contributed by atoms with Gasteiger partial charge in [0.25, 0.3) is 0 Å². The number of carbonyl (C=O) groups is 1. The van der Waals surface area contributed by atoms with E-state index in [-0.39, 0.29) is 17.4 Å². The molecule has 4 heterocycles. The Balaban J connectivity index is 1.53. The third-order valence-corrected chi connectivity index (χ3v) is 7.34. The normalized spacial score (nSPS) is 18.6. The molecule has 1 N–H and O–H groups in total. The lowest BCUT2D eigenvalue weighted by molar-refractivity contribution is 0.0691. The largest absolute Gasteiger partial charge is 0.477 e. The highest BCUT2D eigenvalue weighted by molar-refractivity contribution is 5.98. The number of piperazine rings is 1. The Morgan fingerprint density at radius 3 is 2.31 bits per heavy atom. The summed E-state index contributed by atoms with van der Waals surface area (Å²) in [5, 5.41) is 15.6. The third-order valence-electron chi connectivity index (χ3n) is 7.34. The predicted molar refractivity (Wildman–Crippen MR) is 134 cm³/mol. The molecule has 2 saturated heterocycles. The Bertz CT molecular complexity index is 1210. The number of aromatic nitrogens is 3. The van der Waals surface area contributed by atoms with E-state index in [4.69, 9.17) is 5.10 Å². The standard InChI is InChI=1S/C26H33FN6O2/c1-17(2)24-23-22(32-10-8-19(9-11-32)31-14-12-30(3)13-15-31)16-21(26(34)35)28-25(23)33(29-24)20-6-4-18(27)5-7-20/h4-7,16-17,19H,8-15H2,1-3H3,(H,34,35). The minimum atomic E-state index is -1.07. The number of carboxylic acids is 1. The molecule has 9 heteroatoms. The summed E-state index contributed by atoms with van der Waals surface area (Å²) < 4.78 is 15.2. The van der Waals surface area contributed by atoms with Gasteiger partial charge in [0.2, 0.25) is 0 Å². The molecule has 0 atom stereocenters. The molecule has 0 saturated carbocycles. The highest BCUT2D eigenvalue weighted by Gasteiger charge is 2.30. The first-order valence-corrected chi connectivity index (χ1v) is 12.4. The van der Waals surface area contributed by atoms with Crippen molar-refractivity contribution in [3.63, 3.8) is 0 Å². The van der Waals surface area contributed by atoms with Gasteiger partial charge in [0.15, 0.2) is 11.3 Å². The fourth-order valence-electron chi connectivity index (χ4n) is 5.31. The number of rotatable bonds is 5. The maximum atomic E-state index is 13.6. The smallest absolute Gasteiger partial charge is 0.354 e. The molecule has 3 aromatic rings. The van der Waals surface area contributed by atoms with Crippen LogP contribution in [0.5, 0.6) is 0 Å². The van der Waals surface area contributed by atoms with Crippen molar-refractivity contribution >= 4 is 22.7 Å². The first kappa shape index (κ1) is 23.7. The number of pyridine rings is 1. The quantitative estimate of drug-likeness (QED) is 0.598. The van der Waals surface area contributed by atoms with Gasteiger partial charge in [0, 0.05) is 45.3 Å². The summed E-state index contributed by atoms with van der Waals surface area (Å²) in [6.45, 7) is 10.3. The number of likely N-dealkylation sites (N-methyl/N-ethyl adjacent to an activating group) is 1. The Morgan fingerprint density at radius 1 is 1.06 bits per heavy atom. The average molecular weight is 481 g/mol. The number of carboxylic acid groups (broad SMARTS) is 1. The van der Waals surface area contributed by atoms with E-state index in [1.54, 1.807) is 22.9 Å². The molecule has 8 nitrogen and oxygen atoms in total. The van der Waals surface area contributed by atoms with Gasteiger partial charge in [0.1, 0.15) is 5.82 Å². The molecule has 0 amide bonds. The number of benzene rings is 1. The zero-order valence-corrected chi connectivity index (χ0v) is 20.6. The van der Waals surface area contributed by atoms with Gasteiger partial charge in [-0.2, -0.15) is 5.10 Å². The van der Waals surface area contributed by atoms with Crippen LogP contribution in [0.25, 0.3) is 16.7 Å². The number of aromatic carboxylic acids is 1. The first-order chi connectivity index (χ1) is 16.8. The van der Waals surface area contributed by atoms with Crippen molar-refractivity contribution in [3.8, 4) is 5.69 Å². The van der Waals surface area contributed by atoms with Crippen LogP contribution in [0.15, 0.2) is 30.3 Å². The summed E-state index contributed by atoms with van der Waals surface area (Å²) >= 11 is 0. The van der Waals surface area contributed by atoms with E-state index in [1.165, 1.54) is 12.1 Å². The summed E-state index contributed by atoms with van der Waals surface area (Å²) in [4.78, 5) is 23.8. The van der Waals surface area contributed by atoms with Crippen LogP contribution < -0.4 is 4.90 Å². The highest BCUT2D eigenvalue weighted by Crippen LogP contribution is 2.36. The Morgan fingerprint density at radius 2 is 1.71 bits per heavy atom. The van der Waals surface area contributed by atoms with Crippen LogP contribution in [0.1, 0.15) is 48.8 Å². The minimum Gasteiger partial charge on any atom is -0.477 e. The summed E-state index contributed by atoms with van der Waals surface area (Å²) in [7, 11) is 2.17. The molecule has 2 aromatic heterocycles.